The lowest BCUT2D eigenvalue weighted by Crippen LogP contribution is -2.41. The highest BCUT2D eigenvalue weighted by molar-refractivity contribution is 7.92. The zero-order valence-corrected chi connectivity index (χ0v) is 17.0. The van der Waals surface area contributed by atoms with Crippen LogP contribution in [0.4, 0.5) is 10.1 Å². The maximum absolute atomic E-state index is 13.0. The van der Waals surface area contributed by atoms with E-state index in [1.807, 2.05) is 27.7 Å². The number of sulfonamides is 1. The summed E-state index contributed by atoms with van der Waals surface area (Å²) in [5.41, 5.74) is -0.336. The lowest BCUT2D eigenvalue weighted by atomic mass is 9.79. The minimum absolute atomic E-state index is 0.0601. The van der Waals surface area contributed by atoms with Crippen LogP contribution in [0.15, 0.2) is 47.4 Å². The second-order valence-corrected chi connectivity index (χ2v) is 9.45. The molecule has 0 bridgehead atoms. The highest BCUT2D eigenvalue weighted by Crippen LogP contribution is 2.36. The summed E-state index contributed by atoms with van der Waals surface area (Å²) >= 11 is 6.13. The highest BCUT2D eigenvalue weighted by atomic mass is 35.5. The fraction of sp³-hybridized carbons (Fsp3) is 0.333. The van der Waals surface area contributed by atoms with E-state index in [1.165, 1.54) is 36.4 Å². The topological polar surface area (TPSA) is 64.6 Å². The van der Waals surface area contributed by atoms with Crippen LogP contribution in [0.1, 0.15) is 27.7 Å². The van der Waals surface area contributed by atoms with Gasteiger partial charge in [-0.15, -0.1) is 0 Å². The predicted molar refractivity (Wildman–Crippen MR) is 104 cm³/mol. The molecule has 1 N–H and O–H groups in total. The second kappa shape index (κ2) is 6.77. The van der Waals surface area contributed by atoms with Crippen molar-refractivity contribution in [3.63, 3.8) is 0 Å². The molecule has 0 amide bonds. The summed E-state index contributed by atoms with van der Waals surface area (Å²) in [6, 6.07) is 9.58. The van der Waals surface area contributed by atoms with Crippen LogP contribution < -0.4 is 10.2 Å². The van der Waals surface area contributed by atoms with Gasteiger partial charge in [0.15, 0.2) is 0 Å². The normalized spacial score (nSPS) is 18.5. The monoisotopic (exact) mass is 411 g/mol. The maximum Gasteiger partial charge on any atom is 0.494 e. The molecule has 1 aliphatic heterocycles. The van der Waals surface area contributed by atoms with Gasteiger partial charge in [-0.3, -0.25) is 4.72 Å². The van der Waals surface area contributed by atoms with Crippen molar-refractivity contribution < 1.29 is 22.1 Å². The van der Waals surface area contributed by atoms with E-state index in [2.05, 4.69) is 4.72 Å². The average molecular weight is 412 g/mol. The highest BCUT2D eigenvalue weighted by Gasteiger charge is 2.51. The first-order valence-electron chi connectivity index (χ1n) is 8.35. The molecule has 0 aliphatic carbocycles. The van der Waals surface area contributed by atoms with Gasteiger partial charge < -0.3 is 9.31 Å². The van der Waals surface area contributed by atoms with Gasteiger partial charge in [-0.2, -0.15) is 0 Å². The number of anilines is 1. The maximum atomic E-state index is 13.0. The van der Waals surface area contributed by atoms with Crippen LogP contribution in [0, 0.1) is 5.82 Å². The molecule has 0 atom stereocenters. The van der Waals surface area contributed by atoms with Crippen LogP contribution in [0.3, 0.4) is 0 Å². The van der Waals surface area contributed by atoms with E-state index in [9.17, 15) is 12.8 Å². The Morgan fingerprint density at radius 3 is 2.11 bits per heavy atom. The van der Waals surface area contributed by atoms with Gasteiger partial charge in [0.1, 0.15) is 10.7 Å². The first-order chi connectivity index (χ1) is 12.4. The summed E-state index contributed by atoms with van der Waals surface area (Å²) in [5.74, 6) is -0.460. The predicted octanol–water partition coefficient (Wildman–Crippen LogP) is 3.58. The lowest BCUT2D eigenvalue weighted by Gasteiger charge is -2.32. The van der Waals surface area contributed by atoms with E-state index in [4.69, 9.17) is 20.9 Å². The number of hydrogen-bond donors (Lipinski definition) is 1. The zero-order valence-electron chi connectivity index (χ0n) is 15.4. The molecule has 5 nitrogen and oxygen atoms in total. The van der Waals surface area contributed by atoms with Gasteiger partial charge in [-0.05, 0) is 69.6 Å². The van der Waals surface area contributed by atoms with E-state index in [0.29, 0.717) is 5.46 Å². The molecule has 0 radical (unpaired) electrons. The van der Waals surface area contributed by atoms with Crippen molar-refractivity contribution in [3.8, 4) is 0 Å². The van der Waals surface area contributed by atoms with Crippen molar-refractivity contribution in [2.24, 2.45) is 0 Å². The number of benzene rings is 2. The molecule has 9 heteroatoms. The number of halogens is 2. The van der Waals surface area contributed by atoms with Gasteiger partial charge in [0.25, 0.3) is 10.0 Å². The first-order valence-corrected chi connectivity index (χ1v) is 10.2. The molecule has 1 fully saturated rings. The third-order valence-electron chi connectivity index (χ3n) is 4.87. The Kier molecular flexibility index (Phi) is 5.05. The summed E-state index contributed by atoms with van der Waals surface area (Å²) < 4.78 is 52.9. The molecule has 27 heavy (non-hydrogen) atoms. The molecular formula is C18H20BClFNO4S. The molecule has 0 unspecified atom stereocenters. The minimum atomic E-state index is -3.98. The van der Waals surface area contributed by atoms with Gasteiger partial charge in [0.2, 0.25) is 0 Å². The average Bonchev–Trinajstić information content (AvgIpc) is 2.77. The smallest absolute Gasteiger partial charge is 0.399 e. The number of hydrogen-bond acceptors (Lipinski definition) is 4. The molecule has 1 heterocycles. The van der Waals surface area contributed by atoms with E-state index in [1.54, 1.807) is 6.07 Å². The van der Waals surface area contributed by atoms with E-state index in [0.717, 1.165) is 0 Å². The van der Waals surface area contributed by atoms with Crippen LogP contribution in [-0.2, 0) is 19.3 Å². The van der Waals surface area contributed by atoms with Crippen molar-refractivity contribution in [1.82, 2.24) is 0 Å². The Hall–Kier alpha value is -1.61. The Morgan fingerprint density at radius 1 is 1.00 bits per heavy atom. The third kappa shape index (κ3) is 3.99. The quantitative estimate of drug-likeness (QED) is 0.781. The Balaban J connectivity index is 1.93. The number of nitrogens with one attached hydrogen (secondary N) is 1. The summed E-state index contributed by atoms with van der Waals surface area (Å²) in [7, 11) is -4.70. The second-order valence-electron chi connectivity index (χ2n) is 7.39. The van der Waals surface area contributed by atoms with Crippen molar-refractivity contribution >= 4 is 39.9 Å². The van der Waals surface area contributed by atoms with Crippen molar-refractivity contribution in [1.29, 1.82) is 0 Å². The molecular weight excluding hydrogens is 392 g/mol. The molecule has 1 saturated heterocycles. The van der Waals surface area contributed by atoms with Crippen LogP contribution >= 0.6 is 11.6 Å². The SMILES string of the molecule is CC1(C)OB(c2ccc(Cl)c(S(=O)(=O)Nc3ccc(F)cc3)c2)OC1(C)C. The van der Waals surface area contributed by atoms with Gasteiger partial charge in [-0.1, -0.05) is 17.7 Å². The molecule has 0 spiro atoms. The fourth-order valence-electron chi connectivity index (χ4n) is 2.58. The first kappa shape index (κ1) is 20.1. The van der Waals surface area contributed by atoms with Crippen LogP contribution in [0.2, 0.25) is 5.02 Å². The molecule has 144 valence electrons. The Bertz CT molecular complexity index is 948. The van der Waals surface area contributed by atoms with Crippen LogP contribution in [-0.4, -0.2) is 26.7 Å². The van der Waals surface area contributed by atoms with Gasteiger partial charge in [-0.25, -0.2) is 12.8 Å². The van der Waals surface area contributed by atoms with Crippen LogP contribution in [0.5, 0.6) is 0 Å². The van der Waals surface area contributed by atoms with Gasteiger partial charge in [0.05, 0.1) is 16.2 Å². The van der Waals surface area contributed by atoms with E-state index in [-0.39, 0.29) is 15.6 Å². The van der Waals surface area contributed by atoms with E-state index < -0.39 is 34.2 Å². The molecule has 0 aromatic heterocycles. The zero-order chi connectivity index (χ0) is 20.0. The lowest BCUT2D eigenvalue weighted by molar-refractivity contribution is 0.00578. The van der Waals surface area contributed by atoms with Crippen molar-refractivity contribution in [2.75, 3.05) is 4.72 Å². The molecule has 2 aromatic carbocycles. The summed E-state index contributed by atoms with van der Waals surface area (Å²) in [4.78, 5) is -0.110. The molecule has 2 aromatic rings. The molecule has 0 saturated carbocycles. The van der Waals surface area contributed by atoms with E-state index >= 15 is 0 Å². The summed E-state index contributed by atoms with van der Waals surface area (Å²) in [6.45, 7) is 7.65. The summed E-state index contributed by atoms with van der Waals surface area (Å²) in [5, 5.41) is 0.0601. The van der Waals surface area contributed by atoms with Gasteiger partial charge in [0, 0.05) is 5.69 Å². The largest absolute Gasteiger partial charge is 0.494 e. The minimum Gasteiger partial charge on any atom is -0.399 e. The Morgan fingerprint density at radius 2 is 1.56 bits per heavy atom. The van der Waals surface area contributed by atoms with Gasteiger partial charge >= 0.3 is 7.12 Å². The van der Waals surface area contributed by atoms with Crippen molar-refractivity contribution in [2.45, 2.75) is 43.8 Å². The molecule has 1 aliphatic rings. The summed E-state index contributed by atoms with van der Waals surface area (Å²) in [6.07, 6.45) is 0. The van der Waals surface area contributed by atoms with Crippen LogP contribution in [0.25, 0.3) is 0 Å². The Labute approximate surface area is 164 Å². The number of rotatable bonds is 4. The molecule has 3 rings (SSSR count). The third-order valence-corrected chi connectivity index (χ3v) is 6.73. The van der Waals surface area contributed by atoms with Crippen molar-refractivity contribution in [3.05, 3.63) is 53.3 Å². The standard InChI is InChI=1S/C18H20BClFNO4S/c1-17(2)18(3,4)26-19(25-17)12-5-10-15(20)16(11-12)27(23,24)22-14-8-6-13(21)7-9-14/h5-11,22H,1-4H3. The fourth-order valence-corrected chi connectivity index (χ4v) is 4.17.